The smallest absolute Gasteiger partial charge is 0.0412 e. The highest BCUT2D eigenvalue weighted by molar-refractivity contribution is 5.60. The minimum absolute atomic E-state index is 0.278. The Labute approximate surface area is 44.4 Å². The summed E-state index contributed by atoms with van der Waals surface area (Å²) in [6.07, 6.45) is 2.42. The van der Waals surface area contributed by atoms with E-state index in [-0.39, 0.29) is 6.04 Å². The highest BCUT2D eigenvalue weighted by atomic mass is 14.9. The van der Waals surface area contributed by atoms with E-state index in [2.05, 4.69) is 5.32 Å². The number of nitrogens with one attached hydrogen (secondary N) is 2. The third-order valence-corrected chi connectivity index (χ3v) is 1.01. The molecule has 2 nitrogen and oxygen atoms in total. The SMILES string of the molecule is CCC(C=N)NC. The van der Waals surface area contributed by atoms with Crippen molar-refractivity contribution in [2.24, 2.45) is 0 Å². The molecule has 0 radical (unpaired) electrons. The van der Waals surface area contributed by atoms with Crippen molar-refractivity contribution in [3.05, 3.63) is 0 Å². The van der Waals surface area contributed by atoms with Crippen molar-refractivity contribution < 1.29 is 0 Å². The monoisotopic (exact) mass is 100 g/mol. The Morgan fingerprint density at radius 2 is 2.43 bits per heavy atom. The summed E-state index contributed by atoms with van der Waals surface area (Å²) in [6.45, 7) is 2.05. The molecule has 7 heavy (non-hydrogen) atoms. The minimum Gasteiger partial charge on any atom is -0.312 e. The van der Waals surface area contributed by atoms with E-state index in [4.69, 9.17) is 5.41 Å². The summed E-state index contributed by atoms with van der Waals surface area (Å²) in [4.78, 5) is 0. The van der Waals surface area contributed by atoms with Crippen molar-refractivity contribution in [2.75, 3.05) is 7.05 Å². The molecule has 0 aliphatic heterocycles. The van der Waals surface area contributed by atoms with Gasteiger partial charge in [0, 0.05) is 12.3 Å². The van der Waals surface area contributed by atoms with Gasteiger partial charge in [0.2, 0.25) is 0 Å². The summed E-state index contributed by atoms with van der Waals surface area (Å²) < 4.78 is 0. The summed E-state index contributed by atoms with van der Waals surface area (Å²) in [5.74, 6) is 0. The Morgan fingerprint density at radius 3 is 2.43 bits per heavy atom. The Bertz CT molecular complexity index is 48.0. The van der Waals surface area contributed by atoms with Gasteiger partial charge in [0.1, 0.15) is 0 Å². The molecule has 2 N–H and O–H groups in total. The minimum atomic E-state index is 0.278. The van der Waals surface area contributed by atoms with Crippen LogP contribution in [0.5, 0.6) is 0 Å². The summed E-state index contributed by atoms with van der Waals surface area (Å²) in [5.41, 5.74) is 0. The average molecular weight is 100 g/mol. The van der Waals surface area contributed by atoms with E-state index in [1.165, 1.54) is 6.21 Å². The molecule has 1 atom stereocenters. The van der Waals surface area contributed by atoms with Crippen LogP contribution in [0.3, 0.4) is 0 Å². The molecular formula is C5H12N2. The zero-order valence-electron chi connectivity index (χ0n) is 4.86. The van der Waals surface area contributed by atoms with Gasteiger partial charge in [-0.05, 0) is 13.5 Å². The third-order valence-electron chi connectivity index (χ3n) is 1.01. The van der Waals surface area contributed by atoms with Gasteiger partial charge in [0.05, 0.1) is 0 Å². The third kappa shape index (κ3) is 2.34. The van der Waals surface area contributed by atoms with E-state index in [9.17, 15) is 0 Å². The molecule has 0 rings (SSSR count). The molecule has 0 aromatic heterocycles. The van der Waals surface area contributed by atoms with Gasteiger partial charge in [-0.3, -0.25) is 0 Å². The molecule has 42 valence electrons. The standard InChI is InChI=1S/C5H12N2/c1-3-5(4-6)7-2/h4-7H,3H2,1-2H3. The van der Waals surface area contributed by atoms with Gasteiger partial charge < -0.3 is 10.7 Å². The van der Waals surface area contributed by atoms with Crippen LogP contribution in [0.4, 0.5) is 0 Å². The number of hydrogen-bond donors (Lipinski definition) is 2. The molecule has 2 heteroatoms. The Balaban J connectivity index is 3.16. The van der Waals surface area contributed by atoms with Crippen LogP contribution in [-0.2, 0) is 0 Å². The predicted molar refractivity (Wildman–Crippen MR) is 31.9 cm³/mol. The molecule has 1 unspecified atom stereocenters. The van der Waals surface area contributed by atoms with Gasteiger partial charge in [-0.1, -0.05) is 6.92 Å². The summed E-state index contributed by atoms with van der Waals surface area (Å²) in [5, 5.41) is 9.73. The Kier molecular flexibility index (Phi) is 3.61. The van der Waals surface area contributed by atoms with Crippen LogP contribution < -0.4 is 5.32 Å². The van der Waals surface area contributed by atoms with Gasteiger partial charge >= 0.3 is 0 Å². The van der Waals surface area contributed by atoms with Crippen molar-refractivity contribution in [1.29, 1.82) is 5.41 Å². The lowest BCUT2D eigenvalue weighted by molar-refractivity contribution is 0.687. The molecule has 0 amide bonds. The quantitative estimate of drug-likeness (QED) is 0.501. The van der Waals surface area contributed by atoms with Crippen molar-refractivity contribution in [2.45, 2.75) is 19.4 Å². The first kappa shape index (κ1) is 6.63. The van der Waals surface area contributed by atoms with E-state index in [0.717, 1.165) is 6.42 Å². The fraction of sp³-hybridized carbons (Fsp3) is 0.800. The average Bonchev–Trinajstić information content (AvgIpc) is 1.72. The molecule has 0 fully saturated rings. The van der Waals surface area contributed by atoms with E-state index in [1.54, 1.807) is 0 Å². The first-order valence-corrected chi connectivity index (χ1v) is 2.53. The second kappa shape index (κ2) is 3.81. The second-order valence-electron chi connectivity index (χ2n) is 1.47. The normalized spacial score (nSPS) is 13.4. The van der Waals surface area contributed by atoms with E-state index >= 15 is 0 Å². The van der Waals surface area contributed by atoms with Gasteiger partial charge in [-0.15, -0.1) is 0 Å². The van der Waals surface area contributed by atoms with Gasteiger partial charge in [0.15, 0.2) is 0 Å². The number of rotatable bonds is 3. The molecule has 0 aliphatic carbocycles. The van der Waals surface area contributed by atoms with Gasteiger partial charge in [-0.2, -0.15) is 0 Å². The van der Waals surface area contributed by atoms with E-state index in [1.807, 2.05) is 14.0 Å². The van der Waals surface area contributed by atoms with Crippen LogP contribution in [-0.4, -0.2) is 19.3 Å². The summed E-state index contributed by atoms with van der Waals surface area (Å²) in [7, 11) is 1.86. The van der Waals surface area contributed by atoms with Crippen LogP contribution in [0.15, 0.2) is 0 Å². The molecule has 0 bridgehead atoms. The molecule has 0 saturated heterocycles. The van der Waals surface area contributed by atoms with Crippen LogP contribution in [0.25, 0.3) is 0 Å². The van der Waals surface area contributed by atoms with Crippen molar-refractivity contribution in [1.82, 2.24) is 5.32 Å². The summed E-state index contributed by atoms with van der Waals surface area (Å²) in [6, 6.07) is 0.278. The first-order chi connectivity index (χ1) is 3.35. The first-order valence-electron chi connectivity index (χ1n) is 2.53. The highest BCUT2D eigenvalue weighted by Gasteiger charge is 1.92. The van der Waals surface area contributed by atoms with Gasteiger partial charge in [-0.25, -0.2) is 0 Å². The Hall–Kier alpha value is -0.370. The molecule has 0 aromatic rings. The van der Waals surface area contributed by atoms with Gasteiger partial charge in [0.25, 0.3) is 0 Å². The van der Waals surface area contributed by atoms with Crippen LogP contribution in [0.1, 0.15) is 13.3 Å². The Morgan fingerprint density at radius 1 is 1.86 bits per heavy atom. The lowest BCUT2D eigenvalue weighted by Gasteiger charge is -2.03. The molecule has 0 aromatic carbocycles. The molecule has 0 spiro atoms. The lowest BCUT2D eigenvalue weighted by Crippen LogP contribution is -2.24. The molecule has 0 heterocycles. The predicted octanol–water partition coefficient (Wildman–Crippen LogP) is 0.634. The van der Waals surface area contributed by atoms with E-state index in [0.29, 0.717) is 0 Å². The van der Waals surface area contributed by atoms with Crippen molar-refractivity contribution >= 4 is 6.21 Å². The maximum atomic E-state index is 6.77. The summed E-state index contributed by atoms with van der Waals surface area (Å²) >= 11 is 0. The van der Waals surface area contributed by atoms with E-state index < -0.39 is 0 Å². The molecule has 0 saturated carbocycles. The zero-order valence-corrected chi connectivity index (χ0v) is 4.86. The number of hydrogen-bond acceptors (Lipinski definition) is 2. The highest BCUT2D eigenvalue weighted by Crippen LogP contribution is 1.80. The molecule has 0 aliphatic rings. The van der Waals surface area contributed by atoms with Crippen molar-refractivity contribution in [3.8, 4) is 0 Å². The fourth-order valence-corrected chi connectivity index (χ4v) is 0.405. The van der Waals surface area contributed by atoms with Crippen LogP contribution in [0.2, 0.25) is 0 Å². The van der Waals surface area contributed by atoms with Crippen LogP contribution >= 0.6 is 0 Å². The van der Waals surface area contributed by atoms with Crippen LogP contribution in [0, 0.1) is 5.41 Å². The topological polar surface area (TPSA) is 35.9 Å². The zero-order chi connectivity index (χ0) is 5.70. The lowest BCUT2D eigenvalue weighted by atomic mass is 10.2. The largest absolute Gasteiger partial charge is 0.312 e. The maximum Gasteiger partial charge on any atom is 0.0412 e. The second-order valence-corrected chi connectivity index (χ2v) is 1.47. The maximum absolute atomic E-state index is 6.77. The van der Waals surface area contributed by atoms with Crippen molar-refractivity contribution in [3.63, 3.8) is 0 Å². The molecular weight excluding hydrogens is 88.1 g/mol. The fourth-order valence-electron chi connectivity index (χ4n) is 0.405.